The summed E-state index contributed by atoms with van der Waals surface area (Å²) in [6, 6.07) is 24.2. The topological polar surface area (TPSA) is 76.2 Å². The predicted molar refractivity (Wildman–Crippen MR) is 120 cm³/mol. The largest absolute Gasteiger partial charge is 0.494 e. The second-order valence-electron chi connectivity index (χ2n) is 7.23. The van der Waals surface area contributed by atoms with E-state index in [1.165, 1.54) is 5.56 Å². The molecule has 0 aliphatic rings. The molecule has 6 heteroatoms. The number of benzene rings is 3. The number of nitrogens with zero attached hydrogens (tertiary/aromatic N) is 3. The number of rotatable bonds is 7. The predicted octanol–water partition coefficient (Wildman–Crippen LogP) is 6.05. The Kier molecular flexibility index (Phi) is 6.08. The number of ether oxygens (including phenoxy) is 1. The molecule has 1 aromatic heterocycles. The lowest BCUT2D eigenvalue weighted by Gasteiger charge is -2.09. The summed E-state index contributed by atoms with van der Waals surface area (Å²) in [5.74, 6) is 0.352. The smallest absolute Gasteiger partial charge is 0.295 e. The monoisotopic (exact) mass is 413 g/mol. The van der Waals surface area contributed by atoms with E-state index in [4.69, 9.17) is 4.74 Å². The van der Waals surface area contributed by atoms with Crippen LogP contribution in [0.2, 0.25) is 0 Å². The van der Waals surface area contributed by atoms with Gasteiger partial charge in [-0.3, -0.25) is 4.79 Å². The number of para-hydroxylation sites is 1. The Morgan fingerprint density at radius 2 is 1.68 bits per heavy atom. The lowest BCUT2D eigenvalue weighted by Crippen LogP contribution is -2.04. The van der Waals surface area contributed by atoms with Crippen molar-refractivity contribution in [1.29, 1.82) is 0 Å². The van der Waals surface area contributed by atoms with E-state index in [0.29, 0.717) is 30.8 Å². The van der Waals surface area contributed by atoms with Gasteiger partial charge >= 0.3 is 0 Å². The number of aromatic nitrogens is 1. The van der Waals surface area contributed by atoms with Crippen LogP contribution in [0, 0.1) is 6.92 Å². The standard InChI is InChI=1S/C25H23N3O3/c1-18-12-14-20(15-13-18)31-17-7-16-28-22-11-6-5-10-21(22)23(25(28)30)26-27-24(29)19-8-3-2-4-9-19/h2-6,8-15,30H,7,16-17H2,1H3. The lowest BCUT2D eigenvalue weighted by atomic mass is 10.2. The molecule has 31 heavy (non-hydrogen) atoms. The molecule has 0 bridgehead atoms. The molecule has 4 rings (SSSR count). The zero-order valence-corrected chi connectivity index (χ0v) is 17.2. The maximum atomic E-state index is 12.3. The van der Waals surface area contributed by atoms with Crippen molar-refractivity contribution in [2.45, 2.75) is 19.9 Å². The van der Waals surface area contributed by atoms with Gasteiger partial charge in [0.1, 0.15) is 5.75 Å². The lowest BCUT2D eigenvalue weighted by molar-refractivity contribution is 0.0995. The maximum absolute atomic E-state index is 12.3. The molecule has 0 saturated heterocycles. The second kappa shape index (κ2) is 9.26. The van der Waals surface area contributed by atoms with Crippen molar-refractivity contribution in [3.8, 4) is 11.6 Å². The van der Waals surface area contributed by atoms with Crippen LogP contribution in [0.1, 0.15) is 22.3 Å². The van der Waals surface area contributed by atoms with Gasteiger partial charge in [-0.25, -0.2) is 0 Å². The molecule has 0 aliphatic heterocycles. The summed E-state index contributed by atoms with van der Waals surface area (Å²) in [6.45, 7) is 3.09. The molecule has 156 valence electrons. The zero-order chi connectivity index (χ0) is 21.6. The first-order valence-electron chi connectivity index (χ1n) is 10.1. The first-order valence-corrected chi connectivity index (χ1v) is 10.1. The molecule has 3 aromatic carbocycles. The van der Waals surface area contributed by atoms with Crippen LogP contribution >= 0.6 is 0 Å². The highest BCUT2D eigenvalue weighted by molar-refractivity contribution is 5.97. The molecule has 0 unspecified atom stereocenters. The van der Waals surface area contributed by atoms with Crippen molar-refractivity contribution >= 4 is 22.5 Å². The fourth-order valence-corrected chi connectivity index (χ4v) is 3.38. The summed E-state index contributed by atoms with van der Waals surface area (Å²) in [5.41, 5.74) is 2.75. The molecule has 1 amide bonds. The van der Waals surface area contributed by atoms with Crippen LogP contribution < -0.4 is 4.74 Å². The quantitative estimate of drug-likeness (QED) is 0.296. The molecule has 0 atom stereocenters. The van der Waals surface area contributed by atoms with Crippen molar-refractivity contribution < 1.29 is 14.6 Å². The molecule has 4 aromatic rings. The molecule has 0 radical (unpaired) electrons. The van der Waals surface area contributed by atoms with Crippen molar-refractivity contribution in [2.75, 3.05) is 6.61 Å². The van der Waals surface area contributed by atoms with Crippen LogP contribution in [0.15, 0.2) is 89.1 Å². The molecule has 0 saturated carbocycles. The minimum atomic E-state index is -0.455. The van der Waals surface area contributed by atoms with Crippen LogP contribution in [0.25, 0.3) is 10.9 Å². The van der Waals surface area contributed by atoms with E-state index in [1.54, 1.807) is 28.8 Å². The second-order valence-corrected chi connectivity index (χ2v) is 7.23. The number of hydrogen-bond donors (Lipinski definition) is 1. The number of carbonyl (C=O) groups is 1. The van der Waals surface area contributed by atoms with Crippen LogP contribution in [0.4, 0.5) is 5.69 Å². The molecule has 0 spiro atoms. The third-order valence-corrected chi connectivity index (χ3v) is 4.99. The normalized spacial score (nSPS) is 11.3. The van der Waals surface area contributed by atoms with Crippen LogP contribution in [-0.2, 0) is 6.54 Å². The van der Waals surface area contributed by atoms with Gasteiger partial charge in [0.25, 0.3) is 5.91 Å². The Hall–Kier alpha value is -3.93. The van der Waals surface area contributed by atoms with Crippen molar-refractivity contribution in [1.82, 2.24) is 4.57 Å². The van der Waals surface area contributed by atoms with E-state index in [-0.39, 0.29) is 5.88 Å². The van der Waals surface area contributed by atoms with E-state index in [9.17, 15) is 9.90 Å². The fourth-order valence-electron chi connectivity index (χ4n) is 3.38. The van der Waals surface area contributed by atoms with Gasteiger partial charge in [-0.15, -0.1) is 10.2 Å². The Morgan fingerprint density at radius 3 is 2.45 bits per heavy atom. The Labute approximate surface area is 180 Å². The highest BCUT2D eigenvalue weighted by Crippen LogP contribution is 2.39. The summed E-state index contributed by atoms with van der Waals surface area (Å²) in [5, 5.41) is 19.4. The highest BCUT2D eigenvalue weighted by Gasteiger charge is 2.16. The summed E-state index contributed by atoms with van der Waals surface area (Å²) in [6.07, 6.45) is 0.694. The average molecular weight is 413 g/mol. The zero-order valence-electron chi connectivity index (χ0n) is 17.2. The third-order valence-electron chi connectivity index (χ3n) is 4.99. The van der Waals surface area contributed by atoms with Gasteiger partial charge in [-0.2, -0.15) is 0 Å². The van der Waals surface area contributed by atoms with E-state index in [0.717, 1.165) is 16.7 Å². The van der Waals surface area contributed by atoms with Gasteiger partial charge in [-0.05, 0) is 43.7 Å². The third kappa shape index (κ3) is 4.64. The molecular formula is C25H23N3O3. The number of fused-ring (bicyclic) bond motifs is 1. The maximum Gasteiger partial charge on any atom is 0.295 e. The van der Waals surface area contributed by atoms with Crippen molar-refractivity contribution in [2.24, 2.45) is 10.2 Å². The SMILES string of the molecule is Cc1ccc(OCCCn2c(O)c(N=NC(=O)c3ccccc3)c3ccccc32)cc1. The van der Waals surface area contributed by atoms with E-state index >= 15 is 0 Å². The van der Waals surface area contributed by atoms with Gasteiger partial charge in [0.2, 0.25) is 5.88 Å². The van der Waals surface area contributed by atoms with Crippen molar-refractivity contribution in [3.63, 3.8) is 0 Å². The van der Waals surface area contributed by atoms with Gasteiger partial charge < -0.3 is 14.4 Å². The first-order chi connectivity index (χ1) is 15.1. The summed E-state index contributed by atoms with van der Waals surface area (Å²) < 4.78 is 7.56. The van der Waals surface area contributed by atoms with E-state index in [2.05, 4.69) is 10.2 Å². The number of carbonyl (C=O) groups excluding carboxylic acids is 1. The number of hydrogen-bond acceptors (Lipinski definition) is 4. The summed E-state index contributed by atoms with van der Waals surface area (Å²) >= 11 is 0. The average Bonchev–Trinajstić information content (AvgIpc) is 3.07. The summed E-state index contributed by atoms with van der Waals surface area (Å²) in [7, 11) is 0. The Morgan fingerprint density at radius 1 is 0.968 bits per heavy atom. The minimum absolute atomic E-state index is 0.0128. The minimum Gasteiger partial charge on any atom is -0.494 e. The highest BCUT2D eigenvalue weighted by atomic mass is 16.5. The molecule has 0 aliphatic carbocycles. The first kappa shape index (κ1) is 20.3. The van der Waals surface area contributed by atoms with E-state index < -0.39 is 5.91 Å². The number of azo groups is 1. The fraction of sp³-hybridized carbons (Fsp3) is 0.160. The Balaban J connectivity index is 1.50. The van der Waals surface area contributed by atoms with Gasteiger partial charge in [0.05, 0.1) is 12.1 Å². The molecular weight excluding hydrogens is 390 g/mol. The van der Waals surface area contributed by atoms with Crippen molar-refractivity contribution in [3.05, 3.63) is 90.0 Å². The van der Waals surface area contributed by atoms with Crippen LogP contribution in [-0.4, -0.2) is 22.2 Å². The molecule has 0 fully saturated rings. The van der Waals surface area contributed by atoms with Crippen LogP contribution in [0.3, 0.4) is 0 Å². The summed E-state index contributed by atoms with van der Waals surface area (Å²) in [4.78, 5) is 12.3. The number of aromatic hydroxyl groups is 1. The van der Waals surface area contributed by atoms with Gasteiger partial charge in [0.15, 0.2) is 5.69 Å². The Bertz CT molecular complexity index is 1210. The van der Waals surface area contributed by atoms with Crippen LogP contribution in [0.5, 0.6) is 11.6 Å². The number of amides is 1. The van der Waals surface area contributed by atoms with E-state index in [1.807, 2.05) is 61.5 Å². The number of aryl methyl sites for hydroxylation is 2. The van der Waals surface area contributed by atoms with Gasteiger partial charge in [0, 0.05) is 17.5 Å². The van der Waals surface area contributed by atoms with Gasteiger partial charge in [-0.1, -0.05) is 54.1 Å². The molecule has 1 heterocycles. The molecule has 1 N–H and O–H groups in total. The molecule has 6 nitrogen and oxygen atoms in total.